The van der Waals surface area contributed by atoms with Crippen LogP contribution >= 0.6 is 0 Å². The lowest BCUT2D eigenvalue weighted by Gasteiger charge is -2.24. The van der Waals surface area contributed by atoms with Gasteiger partial charge in [0.15, 0.2) is 0 Å². The number of benzene rings is 1. The lowest BCUT2D eigenvalue weighted by Crippen LogP contribution is -2.34. The van der Waals surface area contributed by atoms with Crippen LogP contribution in [-0.4, -0.2) is 36.6 Å². The van der Waals surface area contributed by atoms with Crippen molar-refractivity contribution >= 4 is 5.91 Å². The van der Waals surface area contributed by atoms with Crippen LogP contribution in [0.4, 0.5) is 0 Å². The van der Waals surface area contributed by atoms with Crippen LogP contribution in [0.5, 0.6) is 0 Å². The molecule has 0 fully saturated rings. The average Bonchev–Trinajstić information content (AvgIpc) is 2.86. The molecule has 2 rings (SSSR count). The van der Waals surface area contributed by atoms with Gasteiger partial charge in [-0.05, 0) is 26.6 Å². The largest absolute Gasteiger partial charge is 0.351 e. The van der Waals surface area contributed by atoms with Gasteiger partial charge >= 0.3 is 0 Å². The molecule has 1 heterocycles. The summed E-state index contributed by atoms with van der Waals surface area (Å²) in [6.07, 6.45) is 0. The molecule has 1 aromatic carbocycles. The van der Waals surface area contributed by atoms with Crippen molar-refractivity contribution in [2.75, 3.05) is 20.6 Å². The molecule has 0 aliphatic carbocycles. The number of aryl methyl sites for hydroxylation is 1. The maximum absolute atomic E-state index is 12.0. The highest BCUT2D eigenvalue weighted by Gasteiger charge is 2.17. The molecule has 0 aliphatic rings. The number of nitrogens with one attached hydrogen (secondary N) is 1. The lowest BCUT2D eigenvalue weighted by atomic mass is 10.1. The zero-order valence-corrected chi connectivity index (χ0v) is 12.0. The molecule has 0 saturated carbocycles. The summed E-state index contributed by atoms with van der Waals surface area (Å²) in [6, 6.07) is 11.8. The van der Waals surface area contributed by atoms with Crippen molar-refractivity contribution in [1.82, 2.24) is 15.4 Å². The Morgan fingerprint density at radius 1 is 1.35 bits per heavy atom. The Morgan fingerprint density at radius 2 is 2.05 bits per heavy atom. The second kappa shape index (κ2) is 6.34. The van der Waals surface area contributed by atoms with Crippen molar-refractivity contribution < 1.29 is 9.32 Å². The third-order valence-electron chi connectivity index (χ3n) is 3.12. The van der Waals surface area contributed by atoms with E-state index in [2.05, 4.69) is 27.5 Å². The molecule has 1 unspecified atom stereocenters. The van der Waals surface area contributed by atoms with Crippen LogP contribution in [0.25, 0.3) is 0 Å². The highest BCUT2D eigenvalue weighted by atomic mass is 16.5. The lowest BCUT2D eigenvalue weighted by molar-refractivity contribution is 0.0905. The summed E-state index contributed by atoms with van der Waals surface area (Å²) in [6.45, 7) is 2.29. The van der Waals surface area contributed by atoms with Gasteiger partial charge in [0.1, 0.15) is 0 Å². The smallest absolute Gasteiger partial charge is 0.289 e. The molecule has 1 amide bonds. The van der Waals surface area contributed by atoms with E-state index in [4.69, 9.17) is 4.52 Å². The quantitative estimate of drug-likeness (QED) is 0.905. The van der Waals surface area contributed by atoms with Crippen molar-refractivity contribution in [2.45, 2.75) is 13.0 Å². The van der Waals surface area contributed by atoms with E-state index >= 15 is 0 Å². The van der Waals surface area contributed by atoms with E-state index in [1.165, 1.54) is 0 Å². The predicted molar refractivity (Wildman–Crippen MR) is 76.4 cm³/mol. The normalized spacial score (nSPS) is 12.4. The van der Waals surface area contributed by atoms with Crippen LogP contribution in [0, 0.1) is 6.92 Å². The molecule has 20 heavy (non-hydrogen) atoms. The fraction of sp³-hybridized carbons (Fsp3) is 0.333. The van der Waals surface area contributed by atoms with Crippen molar-refractivity contribution in [3.05, 3.63) is 53.4 Å². The molecule has 2 aromatic rings. The third kappa shape index (κ3) is 3.45. The monoisotopic (exact) mass is 273 g/mol. The Labute approximate surface area is 118 Å². The number of carbonyl (C=O) groups is 1. The van der Waals surface area contributed by atoms with E-state index in [0.717, 1.165) is 5.56 Å². The Balaban J connectivity index is 2.01. The van der Waals surface area contributed by atoms with E-state index in [-0.39, 0.29) is 17.7 Å². The van der Waals surface area contributed by atoms with Crippen molar-refractivity contribution in [2.24, 2.45) is 0 Å². The van der Waals surface area contributed by atoms with Crippen molar-refractivity contribution in [3.63, 3.8) is 0 Å². The maximum atomic E-state index is 12.0. The van der Waals surface area contributed by atoms with Crippen LogP contribution < -0.4 is 5.32 Å². The first kappa shape index (κ1) is 14.3. The van der Waals surface area contributed by atoms with Crippen molar-refractivity contribution in [1.29, 1.82) is 0 Å². The number of rotatable bonds is 5. The predicted octanol–water partition coefficient (Wildman–Crippen LogP) is 2.02. The van der Waals surface area contributed by atoms with Gasteiger partial charge in [0.25, 0.3) is 5.91 Å². The van der Waals surface area contributed by atoms with Gasteiger partial charge in [-0.15, -0.1) is 0 Å². The van der Waals surface area contributed by atoms with Gasteiger partial charge in [-0.25, -0.2) is 0 Å². The topological polar surface area (TPSA) is 58.4 Å². The Hall–Kier alpha value is -2.14. The molecule has 0 aliphatic heterocycles. The van der Waals surface area contributed by atoms with Gasteiger partial charge < -0.3 is 14.7 Å². The molecule has 0 saturated heterocycles. The van der Waals surface area contributed by atoms with Gasteiger partial charge in [0.05, 0.1) is 11.7 Å². The Kier molecular flexibility index (Phi) is 4.53. The van der Waals surface area contributed by atoms with Gasteiger partial charge in [0, 0.05) is 12.6 Å². The molecule has 0 bridgehead atoms. The molecular formula is C15H19N3O2. The number of aromatic nitrogens is 1. The van der Waals surface area contributed by atoms with E-state index in [0.29, 0.717) is 12.2 Å². The summed E-state index contributed by atoms with van der Waals surface area (Å²) in [5, 5.41) is 6.59. The molecule has 0 radical (unpaired) electrons. The van der Waals surface area contributed by atoms with Crippen LogP contribution in [0.2, 0.25) is 0 Å². The highest BCUT2D eigenvalue weighted by molar-refractivity contribution is 5.91. The molecule has 0 spiro atoms. The first-order chi connectivity index (χ1) is 9.58. The molecular weight excluding hydrogens is 254 g/mol. The summed E-state index contributed by atoms with van der Waals surface area (Å²) in [4.78, 5) is 14.0. The van der Waals surface area contributed by atoms with Crippen LogP contribution in [0.1, 0.15) is 27.9 Å². The summed E-state index contributed by atoms with van der Waals surface area (Å²) in [7, 11) is 3.98. The number of hydrogen-bond donors (Lipinski definition) is 1. The van der Waals surface area contributed by atoms with Crippen LogP contribution in [0.3, 0.4) is 0 Å². The second-order valence-electron chi connectivity index (χ2n) is 4.93. The summed E-state index contributed by atoms with van der Waals surface area (Å²) >= 11 is 0. The molecule has 1 aromatic heterocycles. The number of likely N-dealkylation sites (N-methyl/N-ethyl adjacent to an activating group) is 1. The standard InChI is InChI=1S/C15H19N3O2/c1-11-9-14(20-17-11)15(19)16-10-13(18(2)3)12-7-5-4-6-8-12/h4-9,13H,10H2,1-3H3,(H,16,19). The van der Waals surface area contributed by atoms with E-state index in [9.17, 15) is 4.79 Å². The molecule has 5 heteroatoms. The number of amides is 1. The number of nitrogens with zero attached hydrogens (tertiary/aromatic N) is 2. The minimum absolute atomic E-state index is 0.115. The summed E-state index contributed by atoms with van der Waals surface area (Å²) in [5.74, 6) is 0.00134. The minimum Gasteiger partial charge on any atom is -0.351 e. The van der Waals surface area contributed by atoms with Crippen molar-refractivity contribution in [3.8, 4) is 0 Å². The second-order valence-corrected chi connectivity index (χ2v) is 4.93. The first-order valence-corrected chi connectivity index (χ1v) is 6.51. The zero-order valence-electron chi connectivity index (χ0n) is 12.0. The third-order valence-corrected chi connectivity index (χ3v) is 3.12. The van der Waals surface area contributed by atoms with Gasteiger partial charge in [0.2, 0.25) is 5.76 Å². The van der Waals surface area contributed by atoms with E-state index in [1.54, 1.807) is 13.0 Å². The van der Waals surface area contributed by atoms with Crippen LogP contribution in [0.15, 0.2) is 40.9 Å². The zero-order chi connectivity index (χ0) is 14.5. The van der Waals surface area contributed by atoms with Gasteiger partial charge in [-0.3, -0.25) is 4.79 Å². The molecule has 5 nitrogen and oxygen atoms in total. The Bertz CT molecular complexity index is 564. The first-order valence-electron chi connectivity index (χ1n) is 6.51. The Morgan fingerprint density at radius 3 is 2.60 bits per heavy atom. The minimum atomic E-state index is -0.242. The fourth-order valence-electron chi connectivity index (χ4n) is 2.02. The van der Waals surface area contributed by atoms with Crippen LogP contribution in [-0.2, 0) is 0 Å². The number of carbonyl (C=O) groups excluding carboxylic acids is 1. The van der Waals surface area contributed by atoms with Gasteiger partial charge in [-0.2, -0.15) is 0 Å². The fourth-order valence-corrected chi connectivity index (χ4v) is 2.02. The molecule has 106 valence electrons. The summed E-state index contributed by atoms with van der Waals surface area (Å²) in [5.41, 5.74) is 1.86. The van der Waals surface area contributed by atoms with E-state index < -0.39 is 0 Å². The number of hydrogen-bond acceptors (Lipinski definition) is 4. The molecule has 1 atom stereocenters. The van der Waals surface area contributed by atoms with E-state index in [1.807, 2.05) is 32.3 Å². The average molecular weight is 273 g/mol. The SMILES string of the molecule is Cc1cc(C(=O)NCC(c2ccccc2)N(C)C)on1. The maximum Gasteiger partial charge on any atom is 0.289 e. The molecule has 1 N–H and O–H groups in total. The highest BCUT2D eigenvalue weighted by Crippen LogP contribution is 2.16. The summed E-state index contributed by atoms with van der Waals surface area (Å²) < 4.78 is 4.95. The van der Waals surface area contributed by atoms with Gasteiger partial charge in [-0.1, -0.05) is 35.5 Å².